The van der Waals surface area contributed by atoms with Crippen molar-refractivity contribution in [3.8, 4) is 17.7 Å². The van der Waals surface area contributed by atoms with Crippen molar-refractivity contribution in [2.45, 2.75) is 96.6 Å². The number of carbonyl (C=O) groups excluding carboxylic acids is 2. The van der Waals surface area contributed by atoms with Crippen LogP contribution in [0.3, 0.4) is 0 Å². The van der Waals surface area contributed by atoms with Crippen molar-refractivity contribution in [2.75, 3.05) is 5.32 Å². The Kier molecular flexibility index (Phi) is 7.14. The fourth-order valence-corrected chi connectivity index (χ4v) is 7.54. The lowest BCUT2D eigenvalue weighted by atomic mass is 9.64. The quantitative estimate of drug-likeness (QED) is 0.289. The minimum Gasteiger partial charge on any atom is -0.469 e. The fourth-order valence-electron chi connectivity index (χ4n) is 7.54. The Balaban J connectivity index is 1.48. The molecule has 0 radical (unpaired) electrons. The monoisotopic (exact) mass is 652 g/mol. The normalized spacial score (nSPS) is 27.5. The Morgan fingerprint density at radius 2 is 1.94 bits per heavy atom. The maximum absolute atomic E-state index is 14.3. The molecule has 5 heterocycles. The number of anilines is 1. The second-order valence-corrected chi connectivity index (χ2v) is 14.7. The number of amides is 2. The van der Waals surface area contributed by atoms with E-state index >= 15 is 0 Å². The highest BCUT2D eigenvalue weighted by Gasteiger charge is 2.63. The zero-order valence-electron chi connectivity index (χ0n) is 27.9. The van der Waals surface area contributed by atoms with Gasteiger partial charge in [-0.3, -0.25) is 9.59 Å². The molecular formula is C36H40N6O6. The van der Waals surface area contributed by atoms with Crippen LogP contribution in [-0.2, 0) is 19.7 Å². The summed E-state index contributed by atoms with van der Waals surface area (Å²) in [6, 6.07) is 8.20. The van der Waals surface area contributed by atoms with Crippen LogP contribution in [-0.4, -0.2) is 44.8 Å². The molecule has 12 heteroatoms. The first-order chi connectivity index (χ1) is 22.8. The van der Waals surface area contributed by atoms with Crippen LogP contribution in [0.2, 0.25) is 0 Å². The van der Waals surface area contributed by atoms with E-state index in [4.69, 9.17) is 18.6 Å². The van der Waals surface area contributed by atoms with E-state index in [0.717, 1.165) is 16.8 Å². The number of nitriles is 1. The van der Waals surface area contributed by atoms with Gasteiger partial charge in [-0.05, 0) is 59.8 Å². The van der Waals surface area contributed by atoms with Gasteiger partial charge in [-0.1, -0.05) is 65.8 Å². The van der Waals surface area contributed by atoms with Gasteiger partial charge in [-0.15, -0.1) is 0 Å². The van der Waals surface area contributed by atoms with E-state index in [2.05, 4.69) is 20.9 Å². The van der Waals surface area contributed by atoms with Gasteiger partial charge < -0.3 is 34.6 Å². The van der Waals surface area contributed by atoms with Crippen LogP contribution in [0.4, 0.5) is 5.69 Å². The molecule has 2 amide bonds. The predicted molar refractivity (Wildman–Crippen MR) is 174 cm³/mol. The fraction of sp³-hybridized carbons (Fsp3) is 0.472. The Bertz CT molecular complexity index is 1920. The van der Waals surface area contributed by atoms with Crippen LogP contribution in [0.15, 0.2) is 62.8 Å². The molecule has 7 rings (SSSR count). The van der Waals surface area contributed by atoms with Crippen molar-refractivity contribution < 1.29 is 28.3 Å². The van der Waals surface area contributed by atoms with E-state index in [1.54, 1.807) is 13.8 Å². The molecule has 4 bridgehead atoms. The molecule has 5 unspecified atom stereocenters. The van der Waals surface area contributed by atoms with Gasteiger partial charge in [0.05, 0.1) is 0 Å². The number of allylic oxidation sites excluding steroid dienone is 2. The van der Waals surface area contributed by atoms with E-state index in [0.29, 0.717) is 23.6 Å². The molecule has 3 aliphatic heterocycles. The number of para-hydroxylation sites is 1. The Labute approximate surface area is 278 Å². The first-order valence-corrected chi connectivity index (χ1v) is 16.4. The van der Waals surface area contributed by atoms with Crippen molar-refractivity contribution in [3.63, 3.8) is 0 Å². The molecule has 250 valence electrons. The lowest BCUT2D eigenvalue weighted by Crippen LogP contribution is -2.56. The summed E-state index contributed by atoms with van der Waals surface area (Å²) in [5, 5.41) is 30.3. The van der Waals surface area contributed by atoms with Gasteiger partial charge in [0.25, 0.3) is 5.91 Å². The third-order valence-corrected chi connectivity index (χ3v) is 10.4. The highest BCUT2D eigenvalue weighted by atomic mass is 16.5. The standard InChI is InChI=1S/C36H40N6O6/c1-7-35(45,8-2)31(44)39-23-16-34(6)14-13-24-21(15-34)36(20-11-9-10-12-22(20)40-32(36)47-24)27-25(29-38-19(17-37)18-46-29)41-30(48-27)26(33(3,4)5)42-28(23)43/h9-14,18,23,26,32,40,45H,7-8,15-16H2,1-6H3,(H,39,44)(H,42,43). The Morgan fingerprint density at radius 3 is 2.62 bits per heavy atom. The van der Waals surface area contributed by atoms with E-state index in [1.165, 1.54) is 6.26 Å². The lowest BCUT2D eigenvalue weighted by molar-refractivity contribution is -0.144. The molecule has 0 saturated carbocycles. The number of ether oxygens (including phenoxy) is 1. The third-order valence-electron chi connectivity index (χ3n) is 10.4. The number of carbonyl (C=O) groups is 2. The summed E-state index contributed by atoms with van der Waals surface area (Å²) in [6.07, 6.45) is 5.71. The summed E-state index contributed by atoms with van der Waals surface area (Å²) < 4.78 is 19.4. The lowest BCUT2D eigenvalue weighted by Gasteiger charge is -2.39. The summed E-state index contributed by atoms with van der Waals surface area (Å²) in [5.41, 5.74) is -0.791. The number of nitrogens with one attached hydrogen (secondary N) is 3. The molecular weight excluding hydrogens is 612 g/mol. The Morgan fingerprint density at radius 1 is 1.19 bits per heavy atom. The largest absolute Gasteiger partial charge is 0.469 e. The van der Waals surface area contributed by atoms with Crippen LogP contribution in [0.25, 0.3) is 11.6 Å². The number of fused-ring (bicyclic) bond motifs is 4. The van der Waals surface area contributed by atoms with Crippen molar-refractivity contribution >= 4 is 17.5 Å². The number of aromatic nitrogens is 2. The van der Waals surface area contributed by atoms with Gasteiger partial charge in [0, 0.05) is 5.69 Å². The van der Waals surface area contributed by atoms with Crippen LogP contribution in [0.5, 0.6) is 0 Å². The number of hydrogen-bond donors (Lipinski definition) is 4. The van der Waals surface area contributed by atoms with E-state index in [9.17, 15) is 20.0 Å². The number of nitrogens with zero attached hydrogens (tertiary/aromatic N) is 3. The smallest absolute Gasteiger partial charge is 0.252 e. The number of oxazole rings is 2. The van der Waals surface area contributed by atoms with Crippen molar-refractivity contribution in [1.29, 1.82) is 5.26 Å². The average molecular weight is 653 g/mol. The number of hydrogen-bond acceptors (Lipinski definition) is 10. The molecule has 48 heavy (non-hydrogen) atoms. The van der Waals surface area contributed by atoms with Gasteiger partial charge >= 0.3 is 0 Å². The number of rotatable bonds is 5. The van der Waals surface area contributed by atoms with Crippen LogP contribution >= 0.6 is 0 Å². The summed E-state index contributed by atoms with van der Waals surface area (Å²) in [7, 11) is 0. The molecule has 5 atom stereocenters. The highest BCUT2D eigenvalue weighted by Crippen LogP contribution is 2.62. The molecule has 4 aliphatic rings. The molecule has 0 fully saturated rings. The molecule has 0 saturated heterocycles. The molecule has 3 aromatic rings. The van der Waals surface area contributed by atoms with Crippen molar-refractivity contribution in [1.82, 2.24) is 20.6 Å². The molecule has 2 aromatic heterocycles. The van der Waals surface area contributed by atoms with Crippen LogP contribution in [0.1, 0.15) is 96.2 Å². The topological polar surface area (TPSA) is 176 Å². The Hall–Kier alpha value is -4.89. The summed E-state index contributed by atoms with van der Waals surface area (Å²) in [5.74, 6) is 0.397. The first-order valence-electron chi connectivity index (χ1n) is 16.4. The van der Waals surface area contributed by atoms with E-state index in [1.807, 2.05) is 70.2 Å². The van der Waals surface area contributed by atoms with E-state index in [-0.39, 0.29) is 36.7 Å². The van der Waals surface area contributed by atoms with E-state index < -0.39 is 52.0 Å². The van der Waals surface area contributed by atoms with Crippen molar-refractivity contribution in [2.24, 2.45) is 10.8 Å². The van der Waals surface area contributed by atoms with Crippen molar-refractivity contribution in [3.05, 3.63) is 76.9 Å². The second kappa shape index (κ2) is 10.8. The summed E-state index contributed by atoms with van der Waals surface area (Å²) in [6.45, 7) is 11.4. The first kappa shape index (κ1) is 31.7. The van der Waals surface area contributed by atoms with Crippen LogP contribution < -0.4 is 16.0 Å². The van der Waals surface area contributed by atoms with Gasteiger partial charge in [-0.2, -0.15) is 10.2 Å². The average Bonchev–Trinajstić information content (AvgIpc) is 3.83. The number of aliphatic hydroxyl groups is 1. The van der Waals surface area contributed by atoms with Gasteiger partial charge in [-0.25, -0.2) is 4.98 Å². The van der Waals surface area contributed by atoms with Gasteiger partial charge in [0.1, 0.15) is 41.2 Å². The maximum atomic E-state index is 14.3. The molecule has 1 aliphatic carbocycles. The molecule has 4 N–H and O–H groups in total. The zero-order chi connectivity index (χ0) is 34.2. The third kappa shape index (κ3) is 4.66. The molecule has 12 nitrogen and oxygen atoms in total. The molecule has 1 aromatic carbocycles. The minimum atomic E-state index is -1.62. The molecule has 1 spiro atoms. The van der Waals surface area contributed by atoms with Gasteiger partial charge in [0.2, 0.25) is 17.7 Å². The minimum absolute atomic E-state index is 0.0894. The summed E-state index contributed by atoms with van der Waals surface area (Å²) in [4.78, 5) is 37.2. The maximum Gasteiger partial charge on any atom is 0.252 e. The van der Waals surface area contributed by atoms with Gasteiger partial charge in [0.15, 0.2) is 23.4 Å². The SMILES string of the molecule is CCC(O)(CC)C(=O)NC1CC2(C)C=CC3=C(C2)C2(c4ccccc4NC2O3)c2oc(nc2-c2nc(C#N)co2)C(C(C)(C)C)NC1=O. The summed E-state index contributed by atoms with van der Waals surface area (Å²) >= 11 is 0. The zero-order valence-corrected chi connectivity index (χ0v) is 27.9. The van der Waals surface area contributed by atoms with Crippen LogP contribution in [0, 0.1) is 22.2 Å². The number of benzene rings is 1. The second-order valence-electron chi connectivity index (χ2n) is 14.7. The predicted octanol–water partition coefficient (Wildman–Crippen LogP) is 5.13. The highest BCUT2D eigenvalue weighted by molar-refractivity contribution is 5.91.